The van der Waals surface area contributed by atoms with Gasteiger partial charge in [-0.25, -0.2) is 9.78 Å². The highest BCUT2D eigenvalue weighted by Gasteiger charge is 2.27. The van der Waals surface area contributed by atoms with Crippen molar-refractivity contribution in [1.82, 2.24) is 9.38 Å². The lowest BCUT2D eigenvalue weighted by molar-refractivity contribution is 0.0991. The molecule has 3 heterocycles. The van der Waals surface area contributed by atoms with Crippen molar-refractivity contribution in [2.75, 3.05) is 0 Å². The SMILES string of the molecule is NC(=O)O.O=C1C=CC(=O)c2c1cc1c3nc3cn21. The number of aromatic nitrogens is 2. The van der Waals surface area contributed by atoms with E-state index in [4.69, 9.17) is 9.90 Å². The molecule has 0 aromatic carbocycles. The Morgan fingerprint density at radius 2 is 1.89 bits per heavy atom. The molecule has 1 aliphatic rings. The highest BCUT2D eigenvalue weighted by molar-refractivity contribution is 6.23. The van der Waals surface area contributed by atoms with Crippen molar-refractivity contribution in [3.8, 4) is 0 Å². The van der Waals surface area contributed by atoms with Crippen LogP contribution in [0.15, 0.2) is 24.4 Å². The fraction of sp³-hybridized carbons (Fsp3) is 0. The number of nitrogens with zero attached hydrogens (tertiary/aromatic N) is 2. The maximum absolute atomic E-state index is 11.6. The van der Waals surface area contributed by atoms with Gasteiger partial charge in [0.25, 0.3) is 0 Å². The van der Waals surface area contributed by atoms with Crippen molar-refractivity contribution in [1.29, 1.82) is 0 Å². The number of fused-ring (bicyclic) bond motifs is 5. The van der Waals surface area contributed by atoms with E-state index >= 15 is 0 Å². The van der Waals surface area contributed by atoms with Crippen LogP contribution in [0.25, 0.3) is 16.6 Å². The molecule has 0 saturated carbocycles. The van der Waals surface area contributed by atoms with E-state index in [1.807, 2.05) is 0 Å². The molecule has 3 N–H and O–H groups in total. The van der Waals surface area contributed by atoms with Crippen LogP contribution < -0.4 is 5.73 Å². The van der Waals surface area contributed by atoms with Gasteiger partial charge in [-0.05, 0) is 18.2 Å². The van der Waals surface area contributed by atoms with Gasteiger partial charge in [0.1, 0.15) is 16.7 Å². The summed E-state index contributed by atoms with van der Waals surface area (Å²) >= 11 is 0. The van der Waals surface area contributed by atoms with Gasteiger partial charge >= 0.3 is 6.09 Å². The van der Waals surface area contributed by atoms with Crippen molar-refractivity contribution < 1.29 is 19.5 Å². The van der Waals surface area contributed by atoms with Gasteiger partial charge in [-0.3, -0.25) is 9.59 Å². The Bertz CT molecular complexity index is 841. The highest BCUT2D eigenvalue weighted by Crippen LogP contribution is 2.31. The predicted octanol–water partition coefficient (Wildman–Crippen LogP) is 0.921. The minimum atomic E-state index is -1.33. The Labute approximate surface area is 105 Å². The van der Waals surface area contributed by atoms with Crippen LogP contribution in [0.2, 0.25) is 0 Å². The fourth-order valence-electron chi connectivity index (χ4n) is 2.09. The molecule has 19 heavy (non-hydrogen) atoms. The van der Waals surface area contributed by atoms with E-state index in [-0.39, 0.29) is 11.6 Å². The molecular weight excluding hydrogens is 250 g/mol. The monoisotopic (exact) mass is 257 g/mol. The Morgan fingerprint density at radius 3 is 2.58 bits per heavy atom. The minimum absolute atomic E-state index is 0.109. The molecule has 0 fully saturated rings. The number of carboxylic acid groups (broad SMARTS) is 1. The molecule has 0 saturated heterocycles. The van der Waals surface area contributed by atoms with Gasteiger partial charge in [0.15, 0.2) is 5.78 Å². The van der Waals surface area contributed by atoms with Crippen LogP contribution in [0.3, 0.4) is 0 Å². The molecule has 1 aliphatic carbocycles. The zero-order valence-corrected chi connectivity index (χ0v) is 9.45. The van der Waals surface area contributed by atoms with E-state index in [9.17, 15) is 9.59 Å². The predicted molar refractivity (Wildman–Crippen MR) is 65.1 cm³/mol. The first-order valence-electron chi connectivity index (χ1n) is 5.30. The summed E-state index contributed by atoms with van der Waals surface area (Å²) in [6, 6.07) is 1.74. The maximum Gasteiger partial charge on any atom is 0.402 e. The van der Waals surface area contributed by atoms with Crippen LogP contribution in [0, 0.1) is 0 Å². The lowest BCUT2D eigenvalue weighted by Gasteiger charge is -2.03. The molecule has 3 aromatic heterocycles. The molecule has 1 amide bonds. The van der Waals surface area contributed by atoms with Gasteiger partial charge in [0.2, 0.25) is 5.78 Å². The van der Waals surface area contributed by atoms with E-state index in [2.05, 4.69) is 10.7 Å². The molecule has 7 nitrogen and oxygen atoms in total. The normalized spacial score (nSPS) is 13.9. The largest absolute Gasteiger partial charge is 0.465 e. The molecule has 0 aliphatic heterocycles. The van der Waals surface area contributed by atoms with Crippen molar-refractivity contribution >= 4 is 34.2 Å². The molecule has 0 spiro atoms. The Hall–Kier alpha value is -2.96. The molecule has 94 valence electrons. The quantitative estimate of drug-likeness (QED) is 0.621. The van der Waals surface area contributed by atoms with Crippen molar-refractivity contribution in [3.63, 3.8) is 0 Å². The summed E-state index contributed by atoms with van der Waals surface area (Å²) in [6.45, 7) is 0. The summed E-state index contributed by atoms with van der Waals surface area (Å²) in [4.78, 5) is 36.1. The summed E-state index contributed by atoms with van der Waals surface area (Å²) in [7, 11) is 0. The van der Waals surface area contributed by atoms with Crippen LogP contribution >= 0.6 is 0 Å². The van der Waals surface area contributed by atoms with Gasteiger partial charge in [-0.15, -0.1) is 0 Å². The number of allylic oxidation sites excluding steroid dienone is 2. The summed E-state index contributed by atoms with van der Waals surface area (Å²) in [5, 5.41) is 7.19. The number of ketones is 2. The molecular formula is C12H7N3O4. The molecule has 0 bridgehead atoms. The third-order valence-corrected chi connectivity index (χ3v) is 2.84. The van der Waals surface area contributed by atoms with Gasteiger partial charge in [0, 0.05) is 6.20 Å². The number of rotatable bonds is 0. The number of hydrogen-bond acceptors (Lipinski definition) is 4. The molecule has 4 rings (SSSR count). The van der Waals surface area contributed by atoms with Gasteiger partial charge in [-0.2, -0.15) is 0 Å². The van der Waals surface area contributed by atoms with Crippen molar-refractivity contribution in [2.24, 2.45) is 5.73 Å². The number of carbonyl (C=O) groups excluding carboxylic acids is 2. The number of carbonyl (C=O) groups is 3. The Balaban J connectivity index is 0.000000247. The van der Waals surface area contributed by atoms with E-state index in [0.29, 0.717) is 11.3 Å². The first-order chi connectivity index (χ1) is 8.99. The number of nitrogens with two attached hydrogens (primary N) is 1. The summed E-state index contributed by atoms with van der Waals surface area (Å²) in [5.41, 5.74) is 7.68. The lowest BCUT2D eigenvalue weighted by Crippen LogP contribution is -2.11. The summed E-state index contributed by atoms with van der Waals surface area (Å²) in [6.07, 6.45) is 3.11. The van der Waals surface area contributed by atoms with Gasteiger partial charge < -0.3 is 15.2 Å². The lowest BCUT2D eigenvalue weighted by atomic mass is 10.0. The van der Waals surface area contributed by atoms with Crippen molar-refractivity contribution in [3.05, 3.63) is 35.7 Å². The Morgan fingerprint density at radius 1 is 1.26 bits per heavy atom. The number of hydrogen-bond donors (Lipinski definition) is 2. The fourth-order valence-corrected chi connectivity index (χ4v) is 2.09. The first-order valence-corrected chi connectivity index (χ1v) is 5.30. The van der Waals surface area contributed by atoms with Gasteiger partial charge in [-0.1, -0.05) is 0 Å². The standard InChI is InChI=1S/C11H4N2O2.CH3NO2/c14-8-1-2-9(15)11-5(8)3-7-10-6(12-10)4-13(7)11;2-1(3)4/h1-4H;2H2,(H,3,4). The maximum atomic E-state index is 11.6. The smallest absolute Gasteiger partial charge is 0.402 e. The zero-order chi connectivity index (χ0) is 13.7. The van der Waals surface area contributed by atoms with Crippen molar-refractivity contribution in [2.45, 2.75) is 0 Å². The molecule has 7 heteroatoms. The second-order valence-corrected chi connectivity index (χ2v) is 4.04. The molecule has 3 aromatic rings. The average Bonchev–Trinajstić information content (AvgIpc) is 2.82. The first kappa shape index (κ1) is 11.1. The summed E-state index contributed by atoms with van der Waals surface area (Å²) < 4.78 is 1.76. The van der Waals surface area contributed by atoms with E-state index < -0.39 is 6.09 Å². The van der Waals surface area contributed by atoms with Crippen LogP contribution in [-0.4, -0.2) is 32.2 Å². The third-order valence-electron chi connectivity index (χ3n) is 2.84. The van der Waals surface area contributed by atoms with Gasteiger partial charge in [0.05, 0.1) is 11.1 Å². The van der Waals surface area contributed by atoms with Crippen LogP contribution in [0.5, 0.6) is 0 Å². The van der Waals surface area contributed by atoms with E-state index in [0.717, 1.165) is 16.6 Å². The zero-order valence-electron chi connectivity index (χ0n) is 9.45. The molecule has 0 radical (unpaired) electrons. The van der Waals surface area contributed by atoms with E-state index in [1.54, 1.807) is 16.7 Å². The topological polar surface area (TPSA) is 115 Å². The second kappa shape index (κ2) is 3.52. The summed E-state index contributed by atoms with van der Waals surface area (Å²) in [5.74, 6) is -0.225. The van der Waals surface area contributed by atoms with Crippen LogP contribution in [0.1, 0.15) is 20.8 Å². The second-order valence-electron chi connectivity index (χ2n) is 4.04. The van der Waals surface area contributed by atoms with Crippen LogP contribution in [0.4, 0.5) is 4.79 Å². The number of primary amides is 1. The average molecular weight is 257 g/mol. The van der Waals surface area contributed by atoms with Crippen LogP contribution in [-0.2, 0) is 0 Å². The molecule has 0 unspecified atom stereocenters. The Kier molecular flexibility index (Phi) is 2.06. The molecule has 0 atom stereocenters. The minimum Gasteiger partial charge on any atom is -0.465 e. The highest BCUT2D eigenvalue weighted by atomic mass is 16.4. The third kappa shape index (κ3) is 1.60. The number of amides is 1. The van der Waals surface area contributed by atoms with E-state index in [1.165, 1.54) is 12.2 Å².